The SMILES string of the molecule is Cc1cncc(C(=O)N=C=S)c1. The first-order valence-corrected chi connectivity index (χ1v) is 3.68. The van der Waals surface area contributed by atoms with Crippen molar-refractivity contribution < 1.29 is 4.79 Å². The van der Waals surface area contributed by atoms with Gasteiger partial charge in [-0.25, -0.2) is 0 Å². The van der Waals surface area contributed by atoms with Crippen molar-refractivity contribution in [1.82, 2.24) is 4.98 Å². The average molecular weight is 178 g/mol. The quantitative estimate of drug-likeness (QED) is 0.485. The molecule has 0 aliphatic heterocycles. The molecule has 0 fully saturated rings. The molecule has 0 aromatic carbocycles. The fourth-order valence-corrected chi connectivity index (χ4v) is 0.861. The Hall–Kier alpha value is -1.38. The highest BCUT2D eigenvalue weighted by Gasteiger charge is 2.02. The molecule has 0 N–H and O–H groups in total. The second kappa shape index (κ2) is 3.85. The third kappa shape index (κ3) is 2.05. The van der Waals surface area contributed by atoms with Crippen molar-refractivity contribution in [3.63, 3.8) is 0 Å². The number of aromatic nitrogens is 1. The second-order valence-corrected chi connectivity index (χ2v) is 2.44. The Bertz CT molecular complexity index is 356. The predicted octanol–water partition coefficient (Wildman–Crippen LogP) is 1.63. The summed E-state index contributed by atoms with van der Waals surface area (Å²) in [5.74, 6) is -0.402. The molecular weight excluding hydrogens is 172 g/mol. The molecule has 0 radical (unpaired) electrons. The predicted molar refractivity (Wildman–Crippen MR) is 48.3 cm³/mol. The molecule has 1 aromatic heterocycles. The van der Waals surface area contributed by atoms with Crippen LogP contribution in [0.15, 0.2) is 23.5 Å². The number of hydrogen-bond acceptors (Lipinski definition) is 3. The van der Waals surface area contributed by atoms with E-state index >= 15 is 0 Å². The van der Waals surface area contributed by atoms with Crippen molar-refractivity contribution >= 4 is 23.3 Å². The number of aryl methyl sites for hydroxylation is 1. The zero-order valence-electron chi connectivity index (χ0n) is 6.44. The number of amides is 1. The number of pyridine rings is 1. The number of nitrogens with zero attached hydrogens (tertiary/aromatic N) is 2. The number of hydrogen-bond donors (Lipinski definition) is 0. The van der Waals surface area contributed by atoms with Crippen molar-refractivity contribution in [2.24, 2.45) is 4.99 Å². The highest BCUT2D eigenvalue weighted by atomic mass is 32.1. The molecule has 4 heteroatoms. The zero-order valence-corrected chi connectivity index (χ0v) is 7.26. The first kappa shape index (κ1) is 8.71. The number of rotatable bonds is 1. The van der Waals surface area contributed by atoms with Crippen LogP contribution in [0.2, 0.25) is 0 Å². The fourth-order valence-electron chi connectivity index (χ4n) is 0.778. The van der Waals surface area contributed by atoms with Gasteiger partial charge < -0.3 is 0 Å². The van der Waals surface area contributed by atoms with Crippen LogP contribution in [0.4, 0.5) is 0 Å². The van der Waals surface area contributed by atoms with Gasteiger partial charge in [-0.3, -0.25) is 9.78 Å². The van der Waals surface area contributed by atoms with Crippen LogP contribution in [-0.2, 0) is 0 Å². The van der Waals surface area contributed by atoms with Crippen molar-refractivity contribution in [3.05, 3.63) is 29.6 Å². The molecule has 1 amide bonds. The van der Waals surface area contributed by atoms with Gasteiger partial charge in [0.25, 0.3) is 5.91 Å². The van der Waals surface area contributed by atoms with Gasteiger partial charge in [0, 0.05) is 12.4 Å². The zero-order chi connectivity index (χ0) is 8.97. The van der Waals surface area contributed by atoms with E-state index in [4.69, 9.17) is 0 Å². The molecular formula is C8H6N2OS. The minimum Gasteiger partial charge on any atom is -0.266 e. The summed E-state index contributed by atoms with van der Waals surface area (Å²) in [6.45, 7) is 1.85. The Balaban J connectivity index is 3.03. The van der Waals surface area contributed by atoms with Gasteiger partial charge >= 0.3 is 0 Å². The summed E-state index contributed by atoms with van der Waals surface area (Å²) in [6, 6.07) is 1.70. The lowest BCUT2D eigenvalue weighted by Gasteiger charge is -1.93. The maximum atomic E-state index is 11.1. The van der Waals surface area contributed by atoms with E-state index in [9.17, 15) is 4.79 Å². The van der Waals surface area contributed by atoms with Gasteiger partial charge in [-0.1, -0.05) is 0 Å². The number of carbonyl (C=O) groups is 1. The molecule has 0 saturated heterocycles. The van der Waals surface area contributed by atoms with Crippen LogP contribution in [0, 0.1) is 6.92 Å². The van der Waals surface area contributed by atoms with Gasteiger partial charge in [-0.2, -0.15) is 4.99 Å². The summed E-state index contributed by atoms with van der Waals surface area (Å²) >= 11 is 4.30. The first-order chi connectivity index (χ1) is 5.74. The normalized spacial score (nSPS) is 8.75. The van der Waals surface area contributed by atoms with Crippen LogP contribution in [0.1, 0.15) is 15.9 Å². The largest absolute Gasteiger partial charge is 0.287 e. The Labute approximate surface area is 75.2 Å². The molecule has 3 nitrogen and oxygen atoms in total. The molecule has 0 spiro atoms. The number of carbonyl (C=O) groups excluding carboxylic acids is 1. The molecule has 0 bridgehead atoms. The highest BCUT2D eigenvalue weighted by Crippen LogP contribution is 2.02. The van der Waals surface area contributed by atoms with Gasteiger partial charge in [0.05, 0.1) is 10.7 Å². The fraction of sp³-hybridized carbons (Fsp3) is 0.125. The van der Waals surface area contributed by atoms with Gasteiger partial charge in [0.15, 0.2) is 0 Å². The lowest BCUT2D eigenvalue weighted by Crippen LogP contribution is -1.95. The van der Waals surface area contributed by atoms with Crippen LogP contribution in [0.5, 0.6) is 0 Å². The van der Waals surface area contributed by atoms with Gasteiger partial charge in [0.1, 0.15) is 0 Å². The molecule has 0 atom stereocenters. The van der Waals surface area contributed by atoms with Crippen LogP contribution < -0.4 is 0 Å². The minimum absolute atomic E-state index is 0.402. The van der Waals surface area contributed by atoms with E-state index in [1.165, 1.54) is 6.20 Å². The van der Waals surface area contributed by atoms with Crippen LogP contribution in [0.25, 0.3) is 0 Å². The van der Waals surface area contributed by atoms with E-state index in [2.05, 4.69) is 22.2 Å². The van der Waals surface area contributed by atoms with Crippen molar-refractivity contribution in [2.75, 3.05) is 0 Å². The Morgan fingerprint density at radius 2 is 2.42 bits per heavy atom. The van der Waals surface area contributed by atoms with E-state index in [0.717, 1.165) is 5.56 Å². The number of thiocarbonyl (C=S) groups is 1. The van der Waals surface area contributed by atoms with E-state index in [1.54, 1.807) is 12.3 Å². The molecule has 0 saturated carbocycles. The summed E-state index contributed by atoms with van der Waals surface area (Å²) in [4.78, 5) is 18.2. The van der Waals surface area contributed by atoms with E-state index < -0.39 is 5.91 Å². The van der Waals surface area contributed by atoms with Crippen molar-refractivity contribution in [3.8, 4) is 0 Å². The molecule has 0 unspecified atom stereocenters. The molecule has 12 heavy (non-hydrogen) atoms. The third-order valence-corrected chi connectivity index (χ3v) is 1.36. The van der Waals surface area contributed by atoms with Crippen LogP contribution in [-0.4, -0.2) is 16.1 Å². The standard InChI is InChI=1S/C8H6N2OS/c1-6-2-7(4-9-3-6)8(11)10-5-12/h2-4H,1H3. The second-order valence-electron chi connectivity index (χ2n) is 2.26. The Morgan fingerprint density at radius 3 is 3.00 bits per heavy atom. The molecule has 1 heterocycles. The molecule has 1 rings (SSSR count). The average Bonchev–Trinajstić information content (AvgIpc) is 2.05. The molecule has 60 valence electrons. The van der Waals surface area contributed by atoms with Crippen molar-refractivity contribution in [1.29, 1.82) is 0 Å². The summed E-state index contributed by atoms with van der Waals surface area (Å²) in [7, 11) is 0. The number of aliphatic imine (C=N–C) groups is 1. The molecule has 0 aliphatic rings. The smallest absolute Gasteiger partial charge is 0.266 e. The van der Waals surface area contributed by atoms with E-state index in [1.807, 2.05) is 12.1 Å². The molecule has 0 aliphatic carbocycles. The lowest BCUT2D eigenvalue weighted by molar-refractivity contribution is 0.100. The first-order valence-electron chi connectivity index (χ1n) is 3.28. The highest BCUT2D eigenvalue weighted by molar-refractivity contribution is 7.78. The summed E-state index contributed by atoms with van der Waals surface area (Å²) in [5, 5.41) is 2.02. The lowest BCUT2D eigenvalue weighted by atomic mass is 10.2. The summed E-state index contributed by atoms with van der Waals surface area (Å²) < 4.78 is 0. The summed E-state index contributed by atoms with van der Waals surface area (Å²) in [6.07, 6.45) is 3.11. The van der Waals surface area contributed by atoms with Crippen LogP contribution >= 0.6 is 12.2 Å². The van der Waals surface area contributed by atoms with E-state index in [0.29, 0.717) is 5.56 Å². The third-order valence-electron chi connectivity index (χ3n) is 1.27. The maximum Gasteiger partial charge on any atom is 0.287 e. The van der Waals surface area contributed by atoms with Gasteiger partial charge in [-0.15, -0.1) is 0 Å². The van der Waals surface area contributed by atoms with Crippen molar-refractivity contribution in [2.45, 2.75) is 6.92 Å². The van der Waals surface area contributed by atoms with Crippen LogP contribution in [0.3, 0.4) is 0 Å². The maximum absolute atomic E-state index is 11.1. The molecule has 1 aromatic rings. The topological polar surface area (TPSA) is 42.3 Å². The monoisotopic (exact) mass is 178 g/mol. The Kier molecular flexibility index (Phi) is 2.80. The van der Waals surface area contributed by atoms with Gasteiger partial charge in [-0.05, 0) is 30.8 Å². The summed E-state index contributed by atoms with van der Waals surface area (Å²) in [5.41, 5.74) is 1.35. The number of isothiocyanates is 1. The van der Waals surface area contributed by atoms with Gasteiger partial charge in [0.2, 0.25) is 0 Å². The minimum atomic E-state index is -0.402. The Morgan fingerprint density at radius 1 is 1.67 bits per heavy atom. The van der Waals surface area contributed by atoms with E-state index in [-0.39, 0.29) is 0 Å².